The number of hydrogen-bond acceptors (Lipinski definition) is 10. The molecule has 0 bridgehead atoms. The molecule has 8 aromatic carbocycles. The summed E-state index contributed by atoms with van der Waals surface area (Å²) in [4.78, 5) is 27.0. The molecule has 11 nitrogen and oxygen atoms in total. The van der Waals surface area contributed by atoms with Crippen LogP contribution in [0, 0.1) is 6.92 Å². The maximum Gasteiger partial charge on any atom is 0.259 e. The molecule has 0 heterocycles. The van der Waals surface area contributed by atoms with Crippen LogP contribution in [0.15, 0.2) is 166 Å². The Bertz CT molecular complexity index is 3110. The van der Waals surface area contributed by atoms with E-state index in [-0.39, 0.29) is 46.7 Å². The molecule has 0 radical (unpaired) electrons. The van der Waals surface area contributed by atoms with Crippen LogP contribution in [0.25, 0.3) is 32.7 Å². The summed E-state index contributed by atoms with van der Waals surface area (Å²) in [6, 6.07) is 43.0. The normalized spacial score (nSPS) is 12.0. The van der Waals surface area contributed by atoms with E-state index in [4.69, 9.17) is 16.3 Å². The largest absolute Gasteiger partial charge is 0.505 e. The molecule has 0 aromatic heterocycles. The van der Waals surface area contributed by atoms with Crippen LogP contribution in [-0.4, -0.2) is 28.6 Å². The minimum Gasteiger partial charge on any atom is -0.505 e. The van der Waals surface area contributed by atoms with E-state index in [1.54, 1.807) is 66.7 Å². The van der Waals surface area contributed by atoms with Gasteiger partial charge in [0.15, 0.2) is 29.8 Å². The minimum atomic E-state index is -0.490. The molecule has 8 aromatic rings. The second-order valence-electron chi connectivity index (χ2n) is 14.0. The summed E-state index contributed by atoms with van der Waals surface area (Å²) in [5, 5.41) is 50.0. The smallest absolute Gasteiger partial charge is 0.259 e. The molecule has 0 atom stereocenters. The fourth-order valence-corrected chi connectivity index (χ4v) is 7.39. The SMILES string of the molecule is Cc1ccccc1NC(=O)c1cc2ccccc2c(N=Nc2ccc3c(c2)-c2cc(N=Nc4c(O)c(OCNc5ccccc5Cl)cc5ccccc45)ccc2C3=O)c1O. The summed E-state index contributed by atoms with van der Waals surface area (Å²) in [6.45, 7) is 1.92. The zero-order valence-corrected chi connectivity index (χ0v) is 32.6. The molecular formula is C48H33ClN6O5. The van der Waals surface area contributed by atoms with Crippen molar-refractivity contribution < 1.29 is 24.5 Å². The highest BCUT2D eigenvalue weighted by Gasteiger charge is 2.27. The van der Waals surface area contributed by atoms with Gasteiger partial charge in [-0.25, -0.2) is 0 Å². The second-order valence-corrected chi connectivity index (χ2v) is 14.4. The van der Waals surface area contributed by atoms with Crippen molar-refractivity contribution in [3.63, 3.8) is 0 Å². The summed E-state index contributed by atoms with van der Waals surface area (Å²) in [5.74, 6) is -0.940. The number of anilines is 2. The number of rotatable bonds is 10. The lowest BCUT2D eigenvalue weighted by Crippen LogP contribution is -2.13. The van der Waals surface area contributed by atoms with Crippen molar-refractivity contribution in [1.29, 1.82) is 0 Å². The lowest BCUT2D eigenvalue weighted by molar-refractivity contribution is 0.102. The Morgan fingerprint density at radius 2 is 1.17 bits per heavy atom. The second kappa shape index (κ2) is 15.8. The Labute approximate surface area is 348 Å². The highest BCUT2D eigenvalue weighted by atomic mass is 35.5. The summed E-state index contributed by atoms with van der Waals surface area (Å²) in [6.07, 6.45) is 0. The summed E-state index contributed by atoms with van der Waals surface area (Å²) >= 11 is 6.27. The van der Waals surface area contributed by atoms with E-state index in [2.05, 4.69) is 31.1 Å². The number of carbonyl (C=O) groups excluding carboxylic acids is 2. The number of phenolic OH excluding ortho intramolecular Hbond substituents is 2. The number of phenols is 2. The predicted octanol–water partition coefficient (Wildman–Crippen LogP) is 13.1. The number of carbonyl (C=O) groups is 2. The van der Waals surface area contributed by atoms with Gasteiger partial charge in [0.1, 0.15) is 11.4 Å². The average Bonchev–Trinajstić information content (AvgIpc) is 3.54. The Morgan fingerprint density at radius 3 is 1.80 bits per heavy atom. The molecule has 1 aliphatic carbocycles. The summed E-state index contributed by atoms with van der Waals surface area (Å²) in [5.41, 5.74) is 5.66. The number of aromatic hydroxyl groups is 2. The number of halogens is 1. The van der Waals surface area contributed by atoms with Gasteiger partial charge in [-0.1, -0.05) is 90.5 Å². The fraction of sp³-hybridized carbons (Fsp3) is 0.0417. The van der Waals surface area contributed by atoms with E-state index < -0.39 is 5.91 Å². The first-order valence-electron chi connectivity index (χ1n) is 18.9. The minimum absolute atomic E-state index is 0.0296. The molecule has 4 N–H and O–H groups in total. The Balaban J connectivity index is 1.01. The fourth-order valence-electron chi connectivity index (χ4n) is 7.19. The predicted molar refractivity (Wildman–Crippen MR) is 235 cm³/mol. The molecule has 0 spiro atoms. The standard InChI is InChI=1S/C48H33ClN6O5/c1-27-10-2-8-16-40(27)51-48(59)38-22-28-11-3-5-13-32(28)43(46(38)57)54-52-30-18-20-34-36(24-30)37-25-31(19-21-35(37)45(34)56)53-55-44-33-14-6-4-12-29(33)23-42(47(44)58)60-26-50-41-17-9-7-15-39(41)49/h2-25,50,57-58H,26H2,1H3,(H,51,59). The van der Waals surface area contributed by atoms with Crippen molar-refractivity contribution in [1.82, 2.24) is 0 Å². The van der Waals surface area contributed by atoms with E-state index in [0.29, 0.717) is 66.2 Å². The van der Waals surface area contributed by atoms with Crippen LogP contribution in [-0.2, 0) is 0 Å². The third-order valence-corrected chi connectivity index (χ3v) is 10.6. The Morgan fingerprint density at radius 1 is 0.617 bits per heavy atom. The molecule has 60 heavy (non-hydrogen) atoms. The van der Waals surface area contributed by atoms with Crippen LogP contribution in [0.5, 0.6) is 17.2 Å². The highest BCUT2D eigenvalue weighted by Crippen LogP contribution is 2.46. The first kappa shape index (κ1) is 37.7. The number of benzene rings is 8. The van der Waals surface area contributed by atoms with E-state index >= 15 is 0 Å². The van der Waals surface area contributed by atoms with E-state index in [1.165, 1.54) is 0 Å². The van der Waals surface area contributed by atoms with E-state index in [1.807, 2.05) is 85.8 Å². The third-order valence-electron chi connectivity index (χ3n) is 10.3. The number of hydrogen-bond donors (Lipinski definition) is 4. The van der Waals surface area contributed by atoms with Crippen LogP contribution in [0.1, 0.15) is 31.8 Å². The van der Waals surface area contributed by atoms with E-state index in [0.717, 1.165) is 10.9 Å². The van der Waals surface area contributed by atoms with Crippen molar-refractivity contribution in [2.45, 2.75) is 6.92 Å². The van der Waals surface area contributed by atoms with Crippen molar-refractivity contribution in [2.24, 2.45) is 20.5 Å². The van der Waals surface area contributed by atoms with Crippen molar-refractivity contribution in [2.75, 3.05) is 17.4 Å². The van der Waals surface area contributed by atoms with Crippen molar-refractivity contribution >= 4 is 79.0 Å². The van der Waals surface area contributed by atoms with Crippen LogP contribution < -0.4 is 15.4 Å². The van der Waals surface area contributed by atoms with Gasteiger partial charge >= 0.3 is 0 Å². The first-order chi connectivity index (χ1) is 29.2. The quantitative estimate of drug-likeness (QED) is 0.0795. The van der Waals surface area contributed by atoms with Crippen LogP contribution in [0.4, 0.5) is 34.1 Å². The number of azo groups is 2. The zero-order chi connectivity index (χ0) is 41.3. The highest BCUT2D eigenvalue weighted by molar-refractivity contribution is 6.33. The molecule has 0 aliphatic heterocycles. The number of amides is 1. The summed E-state index contributed by atoms with van der Waals surface area (Å²) < 4.78 is 5.93. The number of nitrogens with zero attached hydrogens (tertiary/aromatic N) is 4. The molecule has 292 valence electrons. The van der Waals surface area contributed by atoms with Gasteiger partial charge in [-0.05, 0) is 101 Å². The van der Waals surface area contributed by atoms with Crippen LogP contribution in [0.2, 0.25) is 5.02 Å². The first-order valence-corrected chi connectivity index (χ1v) is 19.3. The summed E-state index contributed by atoms with van der Waals surface area (Å²) in [7, 11) is 0. The van der Waals surface area contributed by atoms with Crippen molar-refractivity contribution in [3.8, 4) is 28.4 Å². The van der Waals surface area contributed by atoms with Gasteiger partial charge < -0.3 is 25.6 Å². The Kier molecular flexibility index (Phi) is 9.92. The molecule has 9 rings (SSSR count). The van der Waals surface area contributed by atoms with Gasteiger partial charge in [-0.3, -0.25) is 9.59 Å². The van der Waals surface area contributed by atoms with Crippen LogP contribution in [0.3, 0.4) is 0 Å². The van der Waals surface area contributed by atoms with Gasteiger partial charge in [-0.15, -0.1) is 10.2 Å². The molecule has 1 aliphatic rings. The average molecular weight is 809 g/mol. The maximum atomic E-state index is 13.5. The van der Waals surface area contributed by atoms with Gasteiger partial charge in [0, 0.05) is 27.6 Å². The van der Waals surface area contributed by atoms with Gasteiger partial charge in [-0.2, -0.15) is 10.2 Å². The molecule has 1 amide bonds. The molecular weight excluding hydrogens is 776 g/mol. The van der Waals surface area contributed by atoms with Gasteiger partial charge in [0.25, 0.3) is 5.91 Å². The van der Waals surface area contributed by atoms with E-state index in [9.17, 15) is 19.8 Å². The number of ether oxygens (including phenoxy) is 1. The van der Waals surface area contributed by atoms with Gasteiger partial charge in [0.05, 0.1) is 27.6 Å². The number of nitrogens with one attached hydrogen (secondary N) is 2. The molecule has 0 saturated carbocycles. The third kappa shape index (κ3) is 7.14. The van der Waals surface area contributed by atoms with Crippen molar-refractivity contribution in [3.05, 3.63) is 173 Å². The number of aryl methyl sites for hydroxylation is 1. The lowest BCUT2D eigenvalue weighted by Gasteiger charge is -2.13. The number of ketones is 1. The van der Waals surface area contributed by atoms with Crippen LogP contribution >= 0.6 is 11.6 Å². The number of fused-ring (bicyclic) bond motifs is 5. The zero-order valence-electron chi connectivity index (χ0n) is 31.8. The molecule has 0 unspecified atom stereocenters. The Hall–Kier alpha value is -7.89. The molecule has 0 saturated heterocycles. The van der Waals surface area contributed by atoms with Gasteiger partial charge in [0.2, 0.25) is 0 Å². The lowest BCUT2D eigenvalue weighted by atomic mass is 10.0. The number of para-hydroxylation sites is 2. The maximum absolute atomic E-state index is 13.5. The molecule has 0 fully saturated rings. The topological polar surface area (TPSA) is 157 Å². The molecule has 12 heteroatoms. The monoisotopic (exact) mass is 808 g/mol.